The Hall–Kier alpha value is -1.58. The van der Waals surface area contributed by atoms with E-state index < -0.39 is 5.79 Å². The molecule has 1 aliphatic carbocycles. The van der Waals surface area contributed by atoms with Gasteiger partial charge in [0, 0.05) is 12.8 Å². The summed E-state index contributed by atoms with van der Waals surface area (Å²) < 4.78 is 0. The molecule has 0 N–H and O–H groups in total. The molecule has 0 aliphatic heterocycles. The van der Waals surface area contributed by atoms with E-state index in [1.807, 2.05) is 53.7 Å². The minimum atomic E-state index is -0.846. The standard InChI is InChI=1S/C17H34O4.C8H12N4/c1-13-10-16(8,9)12-17(11-13,20-18-14(2,3)4)21-19-15(5,6)7;1-7(3-9)5-11-12-6-8(2)4-10/h13H,10-12H2,1-9H3;7-8H,5-6H2,1-2H3. The molecule has 0 spiro atoms. The molecule has 0 aromatic rings. The maximum atomic E-state index is 8.39. The summed E-state index contributed by atoms with van der Waals surface area (Å²) in [5.74, 6) is -0.542. The molecule has 8 heteroatoms. The van der Waals surface area contributed by atoms with Crippen molar-refractivity contribution in [2.45, 2.75) is 112 Å². The number of nitrogens with zero attached hydrogens (tertiary/aromatic N) is 4. The summed E-state index contributed by atoms with van der Waals surface area (Å²) in [6.07, 6.45) is 2.66. The van der Waals surface area contributed by atoms with Crippen LogP contribution in [0.2, 0.25) is 0 Å². The van der Waals surface area contributed by atoms with Gasteiger partial charge >= 0.3 is 0 Å². The van der Waals surface area contributed by atoms with Crippen molar-refractivity contribution in [1.29, 1.82) is 10.5 Å². The van der Waals surface area contributed by atoms with Gasteiger partial charge in [0.25, 0.3) is 0 Å². The lowest BCUT2D eigenvalue weighted by Crippen LogP contribution is -2.48. The lowest BCUT2D eigenvalue weighted by molar-refractivity contribution is -0.551. The van der Waals surface area contributed by atoms with E-state index >= 15 is 0 Å². The van der Waals surface area contributed by atoms with Crippen molar-refractivity contribution in [1.82, 2.24) is 0 Å². The van der Waals surface area contributed by atoms with Crippen LogP contribution in [0.25, 0.3) is 0 Å². The van der Waals surface area contributed by atoms with Crippen LogP contribution < -0.4 is 0 Å². The van der Waals surface area contributed by atoms with Crippen LogP contribution in [0.1, 0.15) is 95.4 Å². The zero-order chi connectivity index (χ0) is 25.9. The van der Waals surface area contributed by atoms with Crippen LogP contribution in [0.3, 0.4) is 0 Å². The highest BCUT2D eigenvalue weighted by Gasteiger charge is 2.48. The number of nitriles is 2. The van der Waals surface area contributed by atoms with Crippen molar-refractivity contribution < 1.29 is 19.6 Å². The van der Waals surface area contributed by atoms with E-state index in [-0.39, 0.29) is 28.5 Å². The van der Waals surface area contributed by atoms with Crippen LogP contribution in [-0.4, -0.2) is 30.1 Å². The molecule has 0 aromatic heterocycles. The maximum Gasteiger partial charge on any atom is 0.234 e. The highest BCUT2D eigenvalue weighted by atomic mass is 17.3. The van der Waals surface area contributed by atoms with Gasteiger partial charge < -0.3 is 0 Å². The zero-order valence-electron chi connectivity index (χ0n) is 22.7. The monoisotopic (exact) mass is 466 g/mol. The summed E-state index contributed by atoms with van der Waals surface area (Å²) >= 11 is 0. The van der Waals surface area contributed by atoms with E-state index in [4.69, 9.17) is 30.1 Å². The van der Waals surface area contributed by atoms with E-state index in [1.165, 1.54) is 0 Å². The van der Waals surface area contributed by atoms with Gasteiger partial charge in [0.15, 0.2) is 0 Å². The predicted octanol–water partition coefficient (Wildman–Crippen LogP) is 6.78. The third-order valence-electron chi connectivity index (χ3n) is 4.45. The molecular formula is C25H46N4O4. The molecule has 8 nitrogen and oxygen atoms in total. The second-order valence-electron chi connectivity index (χ2n) is 12.0. The number of azo groups is 1. The SMILES string of the molecule is CC(C#N)CN=NCC(C)C#N.CC1CC(C)(C)CC(OOC(C)(C)C)(OOC(C)(C)C)C1. The van der Waals surface area contributed by atoms with Crippen LogP contribution in [0.4, 0.5) is 0 Å². The van der Waals surface area contributed by atoms with Crippen LogP contribution in [-0.2, 0) is 19.6 Å². The first-order valence-electron chi connectivity index (χ1n) is 11.8. The third kappa shape index (κ3) is 15.8. The lowest BCUT2D eigenvalue weighted by Gasteiger charge is -2.46. The van der Waals surface area contributed by atoms with Gasteiger partial charge in [-0.25, -0.2) is 9.78 Å². The number of hydrogen-bond donors (Lipinski definition) is 0. The van der Waals surface area contributed by atoms with Crippen molar-refractivity contribution in [3.05, 3.63) is 0 Å². The molecule has 1 saturated carbocycles. The average molecular weight is 467 g/mol. The molecule has 3 unspecified atom stereocenters. The zero-order valence-corrected chi connectivity index (χ0v) is 22.7. The van der Waals surface area contributed by atoms with Crippen LogP contribution >= 0.6 is 0 Å². The van der Waals surface area contributed by atoms with E-state index in [0.29, 0.717) is 19.0 Å². The Morgan fingerprint density at radius 3 is 1.55 bits per heavy atom. The van der Waals surface area contributed by atoms with E-state index in [1.54, 1.807) is 13.8 Å². The maximum absolute atomic E-state index is 8.39. The predicted molar refractivity (Wildman–Crippen MR) is 128 cm³/mol. The first kappa shape index (κ1) is 31.4. The van der Waals surface area contributed by atoms with Crippen LogP contribution in [0.5, 0.6) is 0 Å². The van der Waals surface area contributed by atoms with Gasteiger partial charge in [0.2, 0.25) is 5.79 Å². The molecule has 1 aliphatic rings. The fourth-order valence-corrected chi connectivity index (χ4v) is 3.40. The van der Waals surface area contributed by atoms with Gasteiger partial charge in [0.05, 0.1) is 48.3 Å². The molecule has 1 fully saturated rings. The molecule has 0 bridgehead atoms. The molecule has 190 valence electrons. The molecule has 0 radical (unpaired) electrons. The van der Waals surface area contributed by atoms with Gasteiger partial charge in [-0.1, -0.05) is 20.8 Å². The smallest absolute Gasteiger partial charge is 0.228 e. The van der Waals surface area contributed by atoms with Gasteiger partial charge in [0.1, 0.15) is 0 Å². The van der Waals surface area contributed by atoms with Crippen molar-refractivity contribution in [2.24, 2.45) is 33.4 Å². The topological polar surface area (TPSA) is 109 Å². The molecule has 3 atom stereocenters. The van der Waals surface area contributed by atoms with Crippen molar-refractivity contribution in [2.75, 3.05) is 13.1 Å². The molecule has 0 saturated heterocycles. The molecule has 0 heterocycles. The molecule has 0 aromatic carbocycles. The summed E-state index contributed by atoms with van der Waals surface area (Å²) in [6.45, 7) is 22.9. The van der Waals surface area contributed by atoms with Gasteiger partial charge in [-0.2, -0.15) is 30.5 Å². The first-order valence-corrected chi connectivity index (χ1v) is 11.8. The van der Waals surface area contributed by atoms with Crippen LogP contribution in [0.15, 0.2) is 10.2 Å². The first-order chi connectivity index (χ1) is 14.9. The Bertz CT molecular complexity index is 638. The van der Waals surface area contributed by atoms with Gasteiger partial charge in [-0.15, -0.1) is 0 Å². The molecular weight excluding hydrogens is 420 g/mol. The second-order valence-corrected chi connectivity index (χ2v) is 12.0. The minimum absolute atomic E-state index is 0.0915. The van der Waals surface area contributed by atoms with E-state index in [9.17, 15) is 0 Å². The second kappa shape index (κ2) is 13.3. The Labute approximate surface area is 201 Å². The lowest BCUT2D eigenvalue weighted by atomic mass is 9.70. The Balaban J connectivity index is 0.000000728. The Morgan fingerprint density at radius 2 is 1.24 bits per heavy atom. The summed E-state index contributed by atoms with van der Waals surface area (Å²) in [7, 11) is 0. The fourth-order valence-electron chi connectivity index (χ4n) is 3.40. The van der Waals surface area contributed by atoms with Crippen molar-refractivity contribution in [3.8, 4) is 12.1 Å². The Kier molecular flexibility index (Phi) is 12.7. The largest absolute Gasteiger partial charge is 0.234 e. The molecule has 33 heavy (non-hydrogen) atoms. The quantitative estimate of drug-likeness (QED) is 0.169. The van der Waals surface area contributed by atoms with E-state index in [0.717, 1.165) is 19.3 Å². The van der Waals surface area contributed by atoms with Crippen LogP contribution in [0, 0.1) is 45.8 Å². The fraction of sp³-hybridized carbons (Fsp3) is 0.920. The summed E-state index contributed by atoms with van der Waals surface area (Å²) in [5, 5.41) is 24.3. The Morgan fingerprint density at radius 1 is 0.848 bits per heavy atom. The summed E-state index contributed by atoms with van der Waals surface area (Å²) in [5.41, 5.74) is -0.647. The van der Waals surface area contributed by atoms with Crippen molar-refractivity contribution >= 4 is 0 Å². The van der Waals surface area contributed by atoms with Gasteiger partial charge in [-0.05, 0) is 73.1 Å². The van der Waals surface area contributed by atoms with Gasteiger partial charge in [-0.3, -0.25) is 0 Å². The normalized spacial score (nSPS) is 21.9. The number of hydrogen-bond acceptors (Lipinski definition) is 8. The third-order valence-corrected chi connectivity index (χ3v) is 4.45. The highest BCUT2D eigenvalue weighted by Crippen LogP contribution is 2.47. The van der Waals surface area contributed by atoms with E-state index in [2.05, 4.69) is 31.0 Å². The summed E-state index contributed by atoms with van der Waals surface area (Å²) in [6, 6.07) is 4.10. The summed E-state index contributed by atoms with van der Waals surface area (Å²) in [4.78, 5) is 22.7. The highest BCUT2D eigenvalue weighted by molar-refractivity contribution is 4.88. The number of rotatable bonds is 8. The molecule has 0 amide bonds. The molecule has 1 rings (SSSR count). The average Bonchev–Trinajstić information content (AvgIpc) is 2.66. The van der Waals surface area contributed by atoms with Crippen molar-refractivity contribution in [3.63, 3.8) is 0 Å². The minimum Gasteiger partial charge on any atom is -0.228 e.